The zero-order valence-corrected chi connectivity index (χ0v) is 24.1. The van der Waals surface area contributed by atoms with Crippen LogP contribution >= 0.6 is 0 Å². The molecule has 3 rings (SSSR count). The van der Waals surface area contributed by atoms with Crippen molar-refractivity contribution >= 4 is 0 Å². The van der Waals surface area contributed by atoms with Gasteiger partial charge >= 0.3 is 0 Å². The fourth-order valence-corrected chi connectivity index (χ4v) is 6.26. The summed E-state index contributed by atoms with van der Waals surface area (Å²) in [6.45, 7) is 4.55. The van der Waals surface area contributed by atoms with Gasteiger partial charge in [-0.05, 0) is 73.1 Å². The molecule has 2 aromatic rings. The third-order valence-electron chi connectivity index (χ3n) is 8.93. The fourth-order valence-electron chi connectivity index (χ4n) is 6.26. The van der Waals surface area contributed by atoms with Crippen LogP contribution in [0.2, 0.25) is 0 Å². The van der Waals surface area contributed by atoms with Crippen LogP contribution in [0.15, 0.2) is 48.5 Å². The summed E-state index contributed by atoms with van der Waals surface area (Å²) >= 11 is 0. The monoisotopic (exact) mass is 499 g/mol. The van der Waals surface area contributed by atoms with E-state index in [4.69, 9.17) is 0 Å². The average Bonchev–Trinajstić information content (AvgIpc) is 2.95. The molecule has 0 amide bonds. The van der Waals surface area contributed by atoms with Crippen LogP contribution < -0.4 is 0 Å². The van der Waals surface area contributed by atoms with Crippen LogP contribution in [0.25, 0.3) is 11.1 Å². The number of aryl methyl sites for hydroxylation is 1. The van der Waals surface area contributed by atoms with Gasteiger partial charge in [0.1, 0.15) is 0 Å². The number of hydrogen-bond acceptors (Lipinski definition) is 1. The SMILES string of the molecule is CCCCCCCCCc1ccc(-c2ccc(C3CCC(C#N)(CCCCCCCC)CC3)cc2)cc1. The summed E-state index contributed by atoms with van der Waals surface area (Å²) in [6, 6.07) is 21.3. The Kier molecular flexibility index (Phi) is 13.3. The van der Waals surface area contributed by atoms with E-state index in [1.54, 1.807) is 0 Å². The van der Waals surface area contributed by atoms with Gasteiger partial charge in [-0.1, -0.05) is 139 Å². The second-order valence-corrected chi connectivity index (χ2v) is 11.9. The van der Waals surface area contributed by atoms with Crippen LogP contribution in [-0.4, -0.2) is 0 Å². The van der Waals surface area contributed by atoms with E-state index in [0.717, 1.165) is 32.1 Å². The fraction of sp³-hybridized carbons (Fsp3) is 0.639. The molecule has 1 saturated carbocycles. The summed E-state index contributed by atoms with van der Waals surface area (Å²) in [5.41, 5.74) is 5.51. The first-order chi connectivity index (χ1) is 18.2. The number of unbranched alkanes of at least 4 members (excludes halogenated alkanes) is 11. The normalized spacial score (nSPS) is 19.5. The molecular weight excluding hydrogens is 446 g/mol. The topological polar surface area (TPSA) is 23.8 Å². The maximum absolute atomic E-state index is 9.97. The van der Waals surface area contributed by atoms with E-state index in [1.165, 1.54) is 112 Å². The van der Waals surface area contributed by atoms with E-state index in [2.05, 4.69) is 68.4 Å². The van der Waals surface area contributed by atoms with Crippen molar-refractivity contribution in [3.05, 3.63) is 59.7 Å². The predicted molar refractivity (Wildman–Crippen MR) is 161 cm³/mol. The van der Waals surface area contributed by atoms with Gasteiger partial charge in [-0.2, -0.15) is 5.26 Å². The quantitative estimate of drug-likeness (QED) is 0.198. The molecule has 0 bridgehead atoms. The Balaban J connectivity index is 1.42. The van der Waals surface area contributed by atoms with Gasteiger partial charge in [0.2, 0.25) is 0 Å². The maximum Gasteiger partial charge on any atom is 0.0689 e. The Morgan fingerprint density at radius 2 is 1.14 bits per heavy atom. The molecule has 1 fully saturated rings. The van der Waals surface area contributed by atoms with Crippen LogP contribution in [0.4, 0.5) is 0 Å². The van der Waals surface area contributed by atoms with Crippen LogP contribution in [-0.2, 0) is 6.42 Å². The average molecular weight is 500 g/mol. The van der Waals surface area contributed by atoms with E-state index in [1.807, 2.05) is 0 Å². The molecule has 0 spiro atoms. The van der Waals surface area contributed by atoms with E-state index in [9.17, 15) is 5.26 Å². The van der Waals surface area contributed by atoms with Crippen molar-refractivity contribution in [2.24, 2.45) is 5.41 Å². The molecule has 0 saturated heterocycles. The minimum Gasteiger partial charge on any atom is -0.198 e. The third kappa shape index (κ3) is 9.96. The number of nitriles is 1. The standard InChI is InChI=1S/C36H53N/c1-3-5-7-9-11-12-14-16-31-17-19-32(20-18-31)33-21-23-34(24-22-33)35-25-28-36(30-37,29-26-35)27-15-13-10-8-6-4-2/h17-24,35H,3-16,25-29H2,1-2H3. The van der Waals surface area contributed by atoms with Crippen molar-refractivity contribution in [1.82, 2.24) is 0 Å². The first kappa shape index (κ1) is 29.5. The lowest BCUT2D eigenvalue weighted by Gasteiger charge is -2.35. The number of nitrogens with zero attached hydrogens (tertiary/aromatic N) is 1. The van der Waals surface area contributed by atoms with Crippen molar-refractivity contribution in [3.63, 3.8) is 0 Å². The van der Waals surface area contributed by atoms with Crippen molar-refractivity contribution in [2.45, 2.75) is 142 Å². The van der Waals surface area contributed by atoms with Gasteiger partial charge < -0.3 is 0 Å². The lowest BCUT2D eigenvalue weighted by atomic mass is 9.67. The number of hydrogen-bond donors (Lipinski definition) is 0. The van der Waals surface area contributed by atoms with E-state index in [-0.39, 0.29) is 5.41 Å². The highest BCUT2D eigenvalue weighted by Crippen LogP contribution is 2.46. The second kappa shape index (κ2) is 16.7. The van der Waals surface area contributed by atoms with Crippen LogP contribution in [0.1, 0.15) is 146 Å². The molecular formula is C36H53N. The molecule has 0 atom stereocenters. The van der Waals surface area contributed by atoms with Crippen LogP contribution in [0.5, 0.6) is 0 Å². The summed E-state index contributed by atoms with van der Waals surface area (Å²) in [5.74, 6) is 0.615. The molecule has 2 aromatic carbocycles. The lowest BCUT2D eigenvalue weighted by molar-refractivity contribution is 0.223. The number of rotatable bonds is 17. The molecule has 0 radical (unpaired) electrons. The van der Waals surface area contributed by atoms with Gasteiger partial charge in [0.15, 0.2) is 0 Å². The van der Waals surface area contributed by atoms with Crippen molar-refractivity contribution in [3.8, 4) is 17.2 Å². The van der Waals surface area contributed by atoms with Gasteiger partial charge in [0.05, 0.1) is 11.5 Å². The minimum atomic E-state index is -0.0575. The summed E-state index contributed by atoms with van der Waals surface area (Å²) in [7, 11) is 0. The highest BCUT2D eigenvalue weighted by Gasteiger charge is 2.35. The van der Waals surface area contributed by atoms with Gasteiger partial charge in [0, 0.05) is 0 Å². The summed E-state index contributed by atoms with van der Waals surface area (Å²) in [6.07, 6.45) is 24.3. The zero-order valence-electron chi connectivity index (χ0n) is 24.1. The van der Waals surface area contributed by atoms with Crippen molar-refractivity contribution in [2.75, 3.05) is 0 Å². The van der Waals surface area contributed by atoms with Crippen LogP contribution in [0.3, 0.4) is 0 Å². The predicted octanol–water partition coefficient (Wildman–Crippen LogP) is 11.6. The lowest BCUT2D eigenvalue weighted by Crippen LogP contribution is -2.25. The van der Waals surface area contributed by atoms with E-state index < -0.39 is 0 Å². The Morgan fingerprint density at radius 3 is 1.68 bits per heavy atom. The molecule has 0 N–H and O–H groups in total. The van der Waals surface area contributed by atoms with Gasteiger partial charge in [-0.15, -0.1) is 0 Å². The second-order valence-electron chi connectivity index (χ2n) is 11.9. The molecule has 1 heteroatoms. The minimum absolute atomic E-state index is 0.0575. The van der Waals surface area contributed by atoms with Gasteiger partial charge in [0.25, 0.3) is 0 Å². The third-order valence-corrected chi connectivity index (χ3v) is 8.93. The molecule has 0 unspecified atom stereocenters. The smallest absolute Gasteiger partial charge is 0.0689 e. The molecule has 202 valence electrons. The van der Waals surface area contributed by atoms with E-state index in [0.29, 0.717) is 5.92 Å². The Hall–Kier alpha value is -2.07. The summed E-state index contributed by atoms with van der Waals surface area (Å²) < 4.78 is 0. The molecule has 0 aromatic heterocycles. The Bertz CT molecular complexity index is 893. The summed E-state index contributed by atoms with van der Waals surface area (Å²) in [4.78, 5) is 0. The largest absolute Gasteiger partial charge is 0.198 e. The number of benzene rings is 2. The molecule has 0 heterocycles. The molecule has 0 aliphatic heterocycles. The first-order valence-electron chi connectivity index (χ1n) is 15.8. The first-order valence-corrected chi connectivity index (χ1v) is 15.8. The Labute approximate surface area is 229 Å². The molecule has 1 nitrogen and oxygen atoms in total. The molecule has 1 aliphatic rings. The molecule has 1 aliphatic carbocycles. The van der Waals surface area contributed by atoms with Crippen molar-refractivity contribution < 1.29 is 0 Å². The maximum atomic E-state index is 9.97. The van der Waals surface area contributed by atoms with E-state index >= 15 is 0 Å². The summed E-state index contributed by atoms with van der Waals surface area (Å²) in [5, 5.41) is 9.97. The molecule has 37 heavy (non-hydrogen) atoms. The highest BCUT2D eigenvalue weighted by molar-refractivity contribution is 5.64. The Morgan fingerprint density at radius 1 is 0.649 bits per heavy atom. The highest BCUT2D eigenvalue weighted by atomic mass is 14.4. The van der Waals surface area contributed by atoms with Gasteiger partial charge in [-0.25, -0.2) is 0 Å². The van der Waals surface area contributed by atoms with Gasteiger partial charge in [-0.3, -0.25) is 0 Å². The zero-order chi connectivity index (χ0) is 26.2. The van der Waals surface area contributed by atoms with Crippen LogP contribution in [0, 0.1) is 16.7 Å². The van der Waals surface area contributed by atoms with Crippen molar-refractivity contribution in [1.29, 1.82) is 5.26 Å².